The van der Waals surface area contributed by atoms with E-state index in [1.807, 2.05) is 0 Å². The summed E-state index contributed by atoms with van der Waals surface area (Å²) in [6, 6.07) is 4.01. The summed E-state index contributed by atoms with van der Waals surface area (Å²) in [4.78, 5) is 10.1. The van der Waals surface area contributed by atoms with E-state index in [1.54, 1.807) is 0 Å². The van der Waals surface area contributed by atoms with E-state index in [1.165, 1.54) is 18.2 Å². The van der Waals surface area contributed by atoms with Crippen LogP contribution in [0.4, 0.5) is 5.69 Å². The predicted molar refractivity (Wildman–Crippen MR) is 44.0 cm³/mol. The highest BCUT2D eigenvalue weighted by Crippen LogP contribution is 2.24. The molecule has 1 rings (SSSR count). The summed E-state index contributed by atoms with van der Waals surface area (Å²) in [6.07, 6.45) is 0. The maximum atomic E-state index is 10.2. The lowest BCUT2D eigenvalue weighted by Gasteiger charge is -1.93. The molecule has 0 aliphatic rings. The third kappa shape index (κ3) is 1.78. The van der Waals surface area contributed by atoms with Gasteiger partial charge in [0.1, 0.15) is 0 Å². The van der Waals surface area contributed by atoms with E-state index in [9.17, 15) is 10.1 Å². The molecule has 1 radical (unpaired) electrons. The molecule has 0 N–H and O–H groups in total. The molecule has 0 bridgehead atoms. The van der Waals surface area contributed by atoms with Gasteiger partial charge in [-0.1, -0.05) is 24.2 Å². The first kappa shape index (κ1) is 8.23. The van der Waals surface area contributed by atoms with Crippen molar-refractivity contribution in [2.45, 2.75) is 4.90 Å². The number of hydrogen-bond acceptors (Lipinski definition) is 2. The fraction of sp³-hybridized carbons (Fsp3) is 0. The highest BCUT2D eigenvalue weighted by Gasteiger charge is 2.06. The Morgan fingerprint density at radius 1 is 1.55 bits per heavy atom. The second-order valence-corrected chi connectivity index (χ2v) is 2.72. The summed E-state index contributed by atoms with van der Waals surface area (Å²) in [5.74, 6) is 0. The van der Waals surface area contributed by atoms with E-state index in [4.69, 9.17) is 24.2 Å². The lowest BCUT2D eigenvalue weighted by Crippen LogP contribution is -1.86. The summed E-state index contributed by atoms with van der Waals surface area (Å²) in [5.41, 5.74) is -0.0383. The Morgan fingerprint density at radius 2 is 2.18 bits per heavy atom. The van der Waals surface area contributed by atoms with E-state index < -0.39 is 4.92 Å². The third-order valence-corrected chi connectivity index (χ3v) is 1.91. The van der Waals surface area contributed by atoms with Crippen LogP contribution in [0.15, 0.2) is 23.1 Å². The Balaban J connectivity index is 3.15. The van der Waals surface area contributed by atoms with Gasteiger partial charge in [0.05, 0.1) is 14.8 Å². The molecule has 5 heteroatoms. The zero-order valence-electron chi connectivity index (χ0n) is 5.28. The Kier molecular flexibility index (Phi) is 2.26. The third-order valence-electron chi connectivity index (χ3n) is 1.13. The van der Waals surface area contributed by atoms with Gasteiger partial charge in [0.15, 0.2) is 0 Å². The number of nitro groups is 1. The first-order chi connectivity index (χ1) is 5.11. The van der Waals surface area contributed by atoms with E-state index in [-0.39, 0.29) is 10.7 Å². The molecule has 0 spiro atoms. The van der Waals surface area contributed by atoms with Crippen molar-refractivity contribution >= 4 is 29.9 Å². The van der Waals surface area contributed by atoms with Crippen LogP contribution in [-0.2, 0) is 0 Å². The second-order valence-electron chi connectivity index (χ2n) is 1.87. The number of hydrogen-bond donors (Lipinski definition) is 0. The smallest absolute Gasteiger partial charge is 0.258 e. The lowest BCUT2D eigenvalue weighted by molar-refractivity contribution is -0.384. The summed E-state index contributed by atoms with van der Waals surface area (Å²) < 4.78 is 0. The first-order valence-electron chi connectivity index (χ1n) is 2.72. The van der Waals surface area contributed by atoms with Gasteiger partial charge in [-0.05, 0) is 6.07 Å². The molecule has 11 heavy (non-hydrogen) atoms. The number of nitro benzene ring substituents is 1. The van der Waals surface area contributed by atoms with E-state index in [0.29, 0.717) is 4.90 Å². The average Bonchev–Trinajstić information content (AvgIpc) is 1.94. The molecule has 1 aromatic rings. The van der Waals surface area contributed by atoms with Crippen molar-refractivity contribution in [2.24, 2.45) is 0 Å². The monoisotopic (exact) mass is 188 g/mol. The van der Waals surface area contributed by atoms with Crippen LogP contribution in [-0.4, -0.2) is 4.92 Å². The Hall–Kier alpha value is -0.870. The highest BCUT2D eigenvalue weighted by atomic mass is 35.5. The Labute approximate surface area is 73.5 Å². The SMILES string of the molecule is O=[N+]([O-])c1ccc([S])c(Cl)c1. The van der Waals surface area contributed by atoms with Crippen LogP contribution in [0.25, 0.3) is 0 Å². The molecule has 0 saturated heterocycles. The summed E-state index contributed by atoms with van der Waals surface area (Å²) in [6.45, 7) is 0. The minimum absolute atomic E-state index is 0.0383. The second kappa shape index (κ2) is 3.02. The molecule has 0 atom stereocenters. The van der Waals surface area contributed by atoms with Gasteiger partial charge in [0.2, 0.25) is 0 Å². The Bertz CT molecular complexity index is 303. The number of nitrogens with zero attached hydrogens (tertiary/aromatic N) is 1. The fourth-order valence-corrected chi connectivity index (χ4v) is 0.905. The number of rotatable bonds is 1. The van der Waals surface area contributed by atoms with Gasteiger partial charge < -0.3 is 0 Å². The van der Waals surface area contributed by atoms with Crippen LogP contribution in [0, 0.1) is 10.1 Å². The lowest BCUT2D eigenvalue weighted by atomic mass is 10.3. The molecular weight excluding hydrogens is 186 g/mol. The molecule has 0 heterocycles. The van der Waals surface area contributed by atoms with E-state index >= 15 is 0 Å². The molecule has 0 saturated carbocycles. The van der Waals surface area contributed by atoms with Crippen LogP contribution in [0.3, 0.4) is 0 Å². The molecule has 0 aromatic heterocycles. The zero-order valence-corrected chi connectivity index (χ0v) is 6.85. The molecule has 57 valence electrons. The molecule has 0 unspecified atom stereocenters. The minimum atomic E-state index is -0.513. The van der Waals surface area contributed by atoms with Crippen molar-refractivity contribution in [1.29, 1.82) is 0 Å². The van der Waals surface area contributed by atoms with Gasteiger partial charge in [-0.2, -0.15) is 0 Å². The topological polar surface area (TPSA) is 43.1 Å². The van der Waals surface area contributed by atoms with Crippen molar-refractivity contribution in [3.63, 3.8) is 0 Å². The number of halogens is 1. The van der Waals surface area contributed by atoms with Gasteiger partial charge in [-0.25, -0.2) is 0 Å². The van der Waals surface area contributed by atoms with Crippen molar-refractivity contribution in [1.82, 2.24) is 0 Å². The van der Waals surface area contributed by atoms with Crippen molar-refractivity contribution in [3.8, 4) is 0 Å². The molecule has 0 fully saturated rings. The average molecular weight is 189 g/mol. The standard InChI is InChI=1S/C6H3ClNO2S/c7-5-3-4(8(9)10)1-2-6(5)11/h1-3H. The van der Waals surface area contributed by atoms with Crippen LogP contribution in [0.2, 0.25) is 5.02 Å². The largest absolute Gasteiger partial charge is 0.271 e. The summed E-state index contributed by atoms with van der Waals surface area (Å²) in [5, 5.41) is 10.4. The highest BCUT2D eigenvalue weighted by molar-refractivity contribution is 7.80. The summed E-state index contributed by atoms with van der Waals surface area (Å²) >= 11 is 10.3. The van der Waals surface area contributed by atoms with Gasteiger partial charge in [0.25, 0.3) is 5.69 Å². The van der Waals surface area contributed by atoms with Gasteiger partial charge in [-0.15, -0.1) is 0 Å². The van der Waals surface area contributed by atoms with E-state index in [0.717, 1.165) is 0 Å². The zero-order chi connectivity index (χ0) is 8.43. The molecule has 1 aromatic carbocycles. The maximum Gasteiger partial charge on any atom is 0.271 e. The summed E-state index contributed by atoms with van der Waals surface area (Å²) in [7, 11) is 0. The molecule has 0 aliphatic heterocycles. The van der Waals surface area contributed by atoms with Crippen LogP contribution >= 0.6 is 24.2 Å². The molecule has 0 aliphatic carbocycles. The molecular formula is C6H3ClNO2S. The van der Waals surface area contributed by atoms with Crippen LogP contribution < -0.4 is 0 Å². The maximum absolute atomic E-state index is 10.2. The fourth-order valence-electron chi connectivity index (χ4n) is 0.603. The first-order valence-corrected chi connectivity index (χ1v) is 3.51. The molecule has 3 nitrogen and oxygen atoms in total. The van der Waals surface area contributed by atoms with Gasteiger partial charge >= 0.3 is 0 Å². The number of benzene rings is 1. The molecule has 0 amide bonds. The van der Waals surface area contributed by atoms with Crippen LogP contribution in [0.5, 0.6) is 0 Å². The van der Waals surface area contributed by atoms with E-state index in [2.05, 4.69) is 0 Å². The van der Waals surface area contributed by atoms with Crippen molar-refractivity contribution < 1.29 is 4.92 Å². The normalized spacial score (nSPS) is 9.55. The van der Waals surface area contributed by atoms with Gasteiger partial charge in [-0.3, -0.25) is 10.1 Å². The minimum Gasteiger partial charge on any atom is -0.258 e. The quantitative estimate of drug-likeness (QED) is 0.503. The van der Waals surface area contributed by atoms with Crippen LogP contribution in [0.1, 0.15) is 0 Å². The van der Waals surface area contributed by atoms with Crippen molar-refractivity contribution in [2.75, 3.05) is 0 Å². The predicted octanol–water partition coefficient (Wildman–Crippen LogP) is 2.80. The van der Waals surface area contributed by atoms with Gasteiger partial charge in [0, 0.05) is 12.1 Å². The number of non-ortho nitro benzene ring substituents is 1. The Morgan fingerprint density at radius 3 is 2.64 bits per heavy atom. The van der Waals surface area contributed by atoms with Crippen molar-refractivity contribution in [3.05, 3.63) is 33.3 Å².